The molecule has 0 aliphatic carbocycles. The molecule has 0 saturated carbocycles. The molecule has 9 heteroatoms. The van der Waals surface area contributed by atoms with Gasteiger partial charge < -0.3 is 10.6 Å². The SMILES string of the molecule is CC(=O)Nc1ccc(Cl)c(NC(=O)c2cccc(NS(C)(=O)=O)c2)c1. The zero-order valence-electron chi connectivity index (χ0n) is 13.5. The predicted molar refractivity (Wildman–Crippen MR) is 98.6 cm³/mol. The molecule has 25 heavy (non-hydrogen) atoms. The highest BCUT2D eigenvalue weighted by Gasteiger charge is 2.11. The van der Waals surface area contributed by atoms with Gasteiger partial charge in [0.25, 0.3) is 5.91 Å². The second-order valence-corrected chi connectivity index (χ2v) is 7.44. The number of carbonyl (C=O) groups is 2. The van der Waals surface area contributed by atoms with Gasteiger partial charge in [-0.15, -0.1) is 0 Å². The summed E-state index contributed by atoms with van der Waals surface area (Å²) in [6.45, 7) is 1.37. The molecule has 3 N–H and O–H groups in total. The van der Waals surface area contributed by atoms with E-state index in [9.17, 15) is 18.0 Å². The minimum atomic E-state index is -3.45. The monoisotopic (exact) mass is 381 g/mol. The summed E-state index contributed by atoms with van der Waals surface area (Å²) in [5.41, 5.74) is 1.32. The molecule has 0 spiro atoms. The highest BCUT2D eigenvalue weighted by molar-refractivity contribution is 7.92. The van der Waals surface area contributed by atoms with Crippen molar-refractivity contribution in [2.45, 2.75) is 6.92 Å². The molecule has 0 atom stereocenters. The number of benzene rings is 2. The predicted octanol–water partition coefficient (Wildman–Crippen LogP) is 2.92. The molecule has 0 radical (unpaired) electrons. The van der Waals surface area contributed by atoms with Crippen LogP contribution in [0.2, 0.25) is 5.02 Å². The zero-order chi connectivity index (χ0) is 18.6. The molecule has 2 aromatic rings. The first-order valence-corrected chi connectivity index (χ1v) is 9.37. The van der Waals surface area contributed by atoms with Crippen molar-refractivity contribution in [3.63, 3.8) is 0 Å². The zero-order valence-corrected chi connectivity index (χ0v) is 15.0. The molecule has 2 amide bonds. The average Bonchev–Trinajstić information content (AvgIpc) is 2.48. The molecule has 0 aliphatic heterocycles. The van der Waals surface area contributed by atoms with Crippen LogP contribution in [0.3, 0.4) is 0 Å². The van der Waals surface area contributed by atoms with Crippen LogP contribution in [-0.2, 0) is 14.8 Å². The number of amides is 2. The van der Waals surface area contributed by atoms with Crippen LogP contribution in [0.5, 0.6) is 0 Å². The Kier molecular flexibility index (Phi) is 5.66. The summed E-state index contributed by atoms with van der Waals surface area (Å²) in [6, 6.07) is 10.7. The minimum absolute atomic E-state index is 0.245. The number of hydrogen-bond acceptors (Lipinski definition) is 4. The molecular weight excluding hydrogens is 366 g/mol. The lowest BCUT2D eigenvalue weighted by Crippen LogP contribution is -2.14. The lowest BCUT2D eigenvalue weighted by atomic mass is 10.2. The molecule has 2 rings (SSSR count). The van der Waals surface area contributed by atoms with Crippen molar-refractivity contribution >= 4 is 50.5 Å². The van der Waals surface area contributed by atoms with E-state index in [-0.39, 0.29) is 17.2 Å². The van der Waals surface area contributed by atoms with E-state index in [0.29, 0.717) is 16.4 Å². The number of anilines is 3. The highest BCUT2D eigenvalue weighted by Crippen LogP contribution is 2.26. The Balaban J connectivity index is 2.22. The first-order valence-electron chi connectivity index (χ1n) is 7.10. The third kappa shape index (κ3) is 5.77. The first-order chi connectivity index (χ1) is 11.6. The van der Waals surface area contributed by atoms with Gasteiger partial charge in [0.05, 0.1) is 17.0 Å². The lowest BCUT2D eigenvalue weighted by Gasteiger charge is -2.11. The van der Waals surface area contributed by atoms with Crippen LogP contribution in [0.15, 0.2) is 42.5 Å². The number of hydrogen-bond donors (Lipinski definition) is 3. The van der Waals surface area contributed by atoms with Crippen LogP contribution in [-0.4, -0.2) is 26.5 Å². The van der Waals surface area contributed by atoms with Crippen LogP contribution in [0, 0.1) is 0 Å². The molecule has 0 saturated heterocycles. The minimum Gasteiger partial charge on any atom is -0.326 e. The van der Waals surface area contributed by atoms with E-state index in [4.69, 9.17) is 11.6 Å². The van der Waals surface area contributed by atoms with E-state index in [1.54, 1.807) is 18.2 Å². The maximum Gasteiger partial charge on any atom is 0.255 e. The third-order valence-electron chi connectivity index (χ3n) is 2.96. The Morgan fingerprint density at radius 2 is 1.72 bits per heavy atom. The Morgan fingerprint density at radius 3 is 2.36 bits per heavy atom. The summed E-state index contributed by atoms with van der Waals surface area (Å²) in [5.74, 6) is -0.724. The van der Waals surface area contributed by atoms with Crippen LogP contribution < -0.4 is 15.4 Å². The summed E-state index contributed by atoms with van der Waals surface area (Å²) in [7, 11) is -3.45. The van der Waals surface area contributed by atoms with Gasteiger partial charge in [0.2, 0.25) is 15.9 Å². The van der Waals surface area contributed by atoms with Gasteiger partial charge in [-0.2, -0.15) is 0 Å². The fourth-order valence-electron chi connectivity index (χ4n) is 2.03. The van der Waals surface area contributed by atoms with E-state index < -0.39 is 15.9 Å². The van der Waals surface area contributed by atoms with Crippen molar-refractivity contribution < 1.29 is 18.0 Å². The van der Waals surface area contributed by atoms with E-state index in [0.717, 1.165) is 6.26 Å². The van der Waals surface area contributed by atoms with Gasteiger partial charge in [-0.05, 0) is 36.4 Å². The average molecular weight is 382 g/mol. The molecule has 0 heterocycles. The van der Waals surface area contributed by atoms with Crippen LogP contribution in [0.1, 0.15) is 17.3 Å². The summed E-state index contributed by atoms with van der Waals surface area (Å²) in [5, 5.41) is 5.52. The van der Waals surface area contributed by atoms with Crippen LogP contribution >= 0.6 is 11.6 Å². The van der Waals surface area contributed by atoms with E-state index in [2.05, 4.69) is 15.4 Å². The molecule has 7 nitrogen and oxygen atoms in total. The van der Waals surface area contributed by atoms with Crippen molar-refractivity contribution in [1.82, 2.24) is 0 Å². The van der Waals surface area contributed by atoms with Crippen LogP contribution in [0.4, 0.5) is 17.1 Å². The summed E-state index contributed by atoms with van der Waals surface area (Å²) < 4.78 is 24.9. The number of carbonyl (C=O) groups excluding carboxylic acids is 2. The number of sulfonamides is 1. The van der Waals surface area contributed by atoms with E-state index in [1.807, 2.05) is 0 Å². The highest BCUT2D eigenvalue weighted by atomic mass is 35.5. The van der Waals surface area contributed by atoms with Crippen LogP contribution in [0.25, 0.3) is 0 Å². The van der Waals surface area contributed by atoms with Gasteiger partial charge in [-0.1, -0.05) is 17.7 Å². The molecule has 0 fully saturated rings. The molecule has 0 bridgehead atoms. The Morgan fingerprint density at radius 1 is 1.00 bits per heavy atom. The van der Waals surface area contributed by atoms with Crippen molar-refractivity contribution in [2.75, 3.05) is 21.6 Å². The maximum atomic E-state index is 12.4. The van der Waals surface area contributed by atoms with Crippen molar-refractivity contribution in [2.24, 2.45) is 0 Å². The van der Waals surface area contributed by atoms with Gasteiger partial charge in [0.1, 0.15) is 0 Å². The second kappa shape index (κ2) is 7.54. The van der Waals surface area contributed by atoms with Gasteiger partial charge >= 0.3 is 0 Å². The largest absolute Gasteiger partial charge is 0.326 e. The summed E-state index contributed by atoms with van der Waals surface area (Å²) >= 11 is 6.06. The smallest absolute Gasteiger partial charge is 0.255 e. The standard InChI is InChI=1S/C16H16ClN3O4S/c1-10(21)18-12-6-7-14(17)15(9-12)19-16(22)11-4-3-5-13(8-11)20-25(2,23)24/h3-9,20H,1-2H3,(H,18,21)(H,19,22). The lowest BCUT2D eigenvalue weighted by molar-refractivity contribution is -0.114. The number of rotatable bonds is 5. The maximum absolute atomic E-state index is 12.4. The summed E-state index contributed by atoms with van der Waals surface area (Å²) in [6.07, 6.45) is 1.02. The number of nitrogens with one attached hydrogen (secondary N) is 3. The molecule has 132 valence electrons. The second-order valence-electron chi connectivity index (χ2n) is 5.28. The topological polar surface area (TPSA) is 104 Å². The Labute approximate surface area is 150 Å². The third-order valence-corrected chi connectivity index (χ3v) is 3.90. The molecular formula is C16H16ClN3O4S. The Hall–Kier alpha value is -2.58. The van der Waals surface area contributed by atoms with Crippen molar-refractivity contribution in [3.05, 3.63) is 53.1 Å². The molecule has 0 unspecified atom stereocenters. The van der Waals surface area contributed by atoms with Gasteiger partial charge in [0, 0.05) is 23.9 Å². The molecule has 2 aromatic carbocycles. The Bertz CT molecular complexity index is 929. The van der Waals surface area contributed by atoms with Gasteiger partial charge in [-0.3, -0.25) is 14.3 Å². The van der Waals surface area contributed by atoms with E-state index >= 15 is 0 Å². The number of halogens is 1. The fraction of sp³-hybridized carbons (Fsp3) is 0.125. The summed E-state index contributed by atoms with van der Waals surface area (Å²) in [4.78, 5) is 23.5. The van der Waals surface area contributed by atoms with E-state index in [1.165, 1.54) is 31.2 Å². The first kappa shape index (κ1) is 18.8. The normalized spacial score (nSPS) is 10.8. The van der Waals surface area contributed by atoms with Gasteiger partial charge in [-0.25, -0.2) is 8.42 Å². The fourth-order valence-corrected chi connectivity index (χ4v) is 2.75. The van der Waals surface area contributed by atoms with Crippen molar-refractivity contribution in [3.8, 4) is 0 Å². The van der Waals surface area contributed by atoms with Gasteiger partial charge in [0.15, 0.2) is 0 Å². The molecule has 0 aliphatic rings. The molecule has 0 aromatic heterocycles. The quantitative estimate of drug-likeness (QED) is 0.740. The van der Waals surface area contributed by atoms with Crippen molar-refractivity contribution in [1.29, 1.82) is 0 Å².